The second kappa shape index (κ2) is 5.02. The van der Waals surface area contributed by atoms with Crippen LogP contribution in [0.5, 0.6) is 0 Å². The summed E-state index contributed by atoms with van der Waals surface area (Å²) in [5.74, 6) is 2.40. The highest BCUT2D eigenvalue weighted by Gasteiger charge is 2.56. The summed E-state index contributed by atoms with van der Waals surface area (Å²) in [6, 6.07) is 0.518. The number of fused-ring (bicyclic) bond motifs is 2. The van der Waals surface area contributed by atoms with E-state index in [-0.39, 0.29) is 0 Å². The summed E-state index contributed by atoms with van der Waals surface area (Å²) in [6.07, 6.45) is 1.50. The minimum absolute atomic E-state index is 0.297. The molecule has 4 heterocycles. The highest BCUT2D eigenvalue weighted by atomic mass is 32.1. The Bertz CT molecular complexity index is 812. The van der Waals surface area contributed by atoms with E-state index in [1.54, 1.807) is 11.3 Å². The normalized spacial score (nSPS) is 31.2. The molecule has 2 aliphatic heterocycles. The van der Waals surface area contributed by atoms with E-state index >= 15 is 0 Å². The molecule has 8 heteroatoms. The topological polar surface area (TPSA) is 82.5 Å². The average molecular weight is 345 g/mol. The van der Waals surface area contributed by atoms with Gasteiger partial charge in [-0.25, -0.2) is 4.98 Å². The van der Waals surface area contributed by atoms with Crippen LogP contribution in [0.4, 0.5) is 11.8 Å². The minimum atomic E-state index is -0.685. The van der Waals surface area contributed by atoms with Gasteiger partial charge < -0.3 is 14.9 Å². The van der Waals surface area contributed by atoms with Gasteiger partial charge in [0, 0.05) is 32.1 Å². The van der Waals surface area contributed by atoms with Crippen molar-refractivity contribution in [2.75, 3.05) is 29.4 Å². The number of piperidine rings is 1. The Morgan fingerprint density at radius 3 is 2.79 bits per heavy atom. The van der Waals surface area contributed by atoms with Crippen LogP contribution >= 0.6 is 11.3 Å². The summed E-state index contributed by atoms with van der Waals surface area (Å²) in [5.41, 5.74) is 2.61. The number of anilines is 2. The molecule has 2 aromatic rings. The van der Waals surface area contributed by atoms with Crippen molar-refractivity contribution in [3.05, 3.63) is 5.51 Å². The maximum atomic E-state index is 10.9. The van der Waals surface area contributed by atoms with Crippen LogP contribution in [0.15, 0.2) is 5.51 Å². The van der Waals surface area contributed by atoms with Crippen molar-refractivity contribution in [3.63, 3.8) is 0 Å². The van der Waals surface area contributed by atoms with Gasteiger partial charge in [0.2, 0.25) is 5.95 Å². The van der Waals surface area contributed by atoms with E-state index < -0.39 is 5.97 Å². The summed E-state index contributed by atoms with van der Waals surface area (Å²) in [5, 5.41) is 8.96. The third kappa shape index (κ3) is 2.08. The number of thiazole rings is 1. The molecular weight excluding hydrogens is 326 g/mol. The summed E-state index contributed by atoms with van der Waals surface area (Å²) in [6.45, 7) is 5.00. The van der Waals surface area contributed by atoms with Gasteiger partial charge in [-0.3, -0.25) is 4.79 Å². The van der Waals surface area contributed by atoms with Gasteiger partial charge in [-0.05, 0) is 31.1 Å². The molecule has 0 spiro atoms. The van der Waals surface area contributed by atoms with Crippen LogP contribution in [0.2, 0.25) is 0 Å². The Morgan fingerprint density at radius 2 is 2.17 bits per heavy atom. The summed E-state index contributed by atoms with van der Waals surface area (Å²) < 4.78 is 1.07. The summed E-state index contributed by atoms with van der Waals surface area (Å²) in [7, 11) is 0. The lowest BCUT2D eigenvalue weighted by Gasteiger charge is -2.40. The van der Waals surface area contributed by atoms with Crippen molar-refractivity contribution in [3.8, 4) is 0 Å². The lowest BCUT2D eigenvalue weighted by atomic mass is 10.1. The molecule has 3 aliphatic rings. The predicted molar refractivity (Wildman–Crippen MR) is 91.6 cm³/mol. The van der Waals surface area contributed by atoms with Crippen LogP contribution in [0, 0.1) is 17.8 Å². The van der Waals surface area contributed by atoms with Gasteiger partial charge in [0.25, 0.3) is 0 Å². The SMILES string of the molecule is C[C@H]1CCN1c1nc(N2C[C@@H]3[C@@H](CC(=O)O)[C@@H]3C2)nc2ncsc12. The molecule has 1 saturated carbocycles. The molecule has 0 amide bonds. The Kier molecular flexibility index (Phi) is 3.01. The molecule has 0 bridgehead atoms. The van der Waals surface area contributed by atoms with Gasteiger partial charge in [-0.1, -0.05) is 0 Å². The second-order valence-corrected chi connectivity index (χ2v) is 8.03. The Balaban J connectivity index is 1.41. The molecule has 0 aromatic carbocycles. The number of rotatable bonds is 4. The first-order valence-electron chi connectivity index (χ1n) is 8.46. The highest BCUT2D eigenvalue weighted by molar-refractivity contribution is 7.17. The van der Waals surface area contributed by atoms with Gasteiger partial charge >= 0.3 is 5.97 Å². The van der Waals surface area contributed by atoms with Crippen molar-refractivity contribution >= 4 is 39.4 Å². The third-order valence-corrected chi connectivity index (χ3v) is 6.63. The van der Waals surface area contributed by atoms with Gasteiger partial charge in [0.05, 0.1) is 5.51 Å². The molecule has 3 fully saturated rings. The molecule has 1 N–H and O–H groups in total. The predicted octanol–water partition coefficient (Wildman–Crippen LogP) is 1.84. The van der Waals surface area contributed by atoms with Crippen LogP contribution in [-0.4, -0.2) is 51.7 Å². The lowest BCUT2D eigenvalue weighted by Crippen LogP contribution is -2.46. The molecule has 1 aliphatic carbocycles. The zero-order valence-electron chi connectivity index (χ0n) is 13.4. The van der Waals surface area contributed by atoms with Crippen LogP contribution in [-0.2, 0) is 4.79 Å². The largest absolute Gasteiger partial charge is 0.481 e. The molecule has 2 aromatic heterocycles. The van der Waals surface area contributed by atoms with Crippen LogP contribution in [0.1, 0.15) is 19.8 Å². The van der Waals surface area contributed by atoms with Crippen molar-refractivity contribution in [1.29, 1.82) is 0 Å². The molecule has 4 atom stereocenters. The van der Waals surface area contributed by atoms with E-state index in [0.29, 0.717) is 30.2 Å². The first-order valence-corrected chi connectivity index (χ1v) is 9.34. The van der Waals surface area contributed by atoms with E-state index in [2.05, 4.69) is 26.7 Å². The lowest BCUT2D eigenvalue weighted by molar-refractivity contribution is -0.137. The summed E-state index contributed by atoms with van der Waals surface area (Å²) >= 11 is 1.60. The number of carboxylic acid groups (broad SMARTS) is 1. The maximum absolute atomic E-state index is 10.9. The van der Waals surface area contributed by atoms with E-state index in [1.165, 1.54) is 6.42 Å². The zero-order chi connectivity index (χ0) is 16.4. The first kappa shape index (κ1) is 14.4. The minimum Gasteiger partial charge on any atom is -0.481 e. The number of hydrogen-bond donors (Lipinski definition) is 1. The number of carbonyl (C=O) groups is 1. The van der Waals surface area contributed by atoms with Crippen LogP contribution in [0.25, 0.3) is 10.3 Å². The number of nitrogens with zero attached hydrogens (tertiary/aromatic N) is 5. The van der Waals surface area contributed by atoms with Crippen molar-refractivity contribution in [2.45, 2.75) is 25.8 Å². The van der Waals surface area contributed by atoms with Gasteiger partial charge in [0.1, 0.15) is 4.70 Å². The Morgan fingerprint density at radius 1 is 1.38 bits per heavy atom. The van der Waals surface area contributed by atoms with E-state index in [9.17, 15) is 4.79 Å². The molecule has 7 nitrogen and oxygen atoms in total. The molecule has 5 rings (SSSR count). The molecule has 2 saturated heterocycles. The fourth-order valence-corrected chi connectivity index (χ4v) is 4.95. The van der Waals surface area contributed by atoms with Crippen molar-refractivity contribution in [1.82, 2.24) is 15.0 Å². The van der Waals surface area contributed by atoms with Gasteiger partial charge in [-0.2, -0.15) is 9.97 Å². The standard InChI is InChI=1S/C16H19N5O2S/c1-8-2-3-21(8)15-13-14(17-7-24-13)18-16(19-15)20-5-10-9(4-12(22)23)11(10)6-20/h7-11H,2-6H2,1H3,(H,22,23)/t8-,9-,10-,11+/m0/s1. The smallest absolute Gasteiger partial charge is 0.303 e. The quantitative estimate of drug-likeness (QED) is 0.905. The van der Waals surface area contributed by atoms with Crippen LogP contribution < -0.4 is 9.80 Å². The number of hydrogen-bond acceptors (Lipinski definition) is 7. The zero-order valence-corrected chi connectivity index (χ0v) is 14.2. The number of aliphatic carboxylic acids is 1. The van der Waals surface area contributed by atoms with Gasteiger partial charge in [0.15, 0.2) is 11.5 Å². The molecule has 126 valence electrons. The Hall–Kier alpha value is -1.96. The Labute approximate surface area is 143 Å². The van der Waals surface area contributed by atoms with E-state index in [1.807, 2.05) is 5.51 Å². The highest BCUT2D eigenvalue weighted by Crippen LogP contribution is 2.54. The van der Waals surface area contributed by atoms with E-state index in [4.69, 9.17) is 10.1 Å². The number of carboxylic acids is 1. The molecular formula is C16H19N5O2S. The first-order chi connectivity index (χ1) is 11.6. The number of aromatic nitrogens is 3. The molecule has 0 unspecified atom stereocenters. The second-order valence-electron chi connectivity index (χ2n) is 7.18. The molecule has 0 radical (unpaired) electrons. The summed E-state index contributed by atoms with van der Waals surface area (Å²) in [4.78, 5) is 29.3. The van der Waals surface area contributed by atoms with Gasteiger partial charge in [-0.15, -0.1) is 11.3 Å². The maximum Gasteiger partial charge on any atom is 0.303 e. The molecule has 24 heavy (non-hydrogen) atoms. The fourth-order valence-electron chi connectivity index (χ4n) is 4.22. The van der Waals surface area contributed by atoms with Crippen molar-refractivity contribution < 1.29 is 9.90 Å². The fraction of sp³-hybridized carbons (Fsp3) is 0.625. The third-order valence-electron chi connectivity index (χ3n) is 5.82. The average Bonchev–Trinajstić information content (AvgIpc) is 2.98. The van der Waals surface area contributed by atoms with Crippen molar-refractivity contribution in [2.24, 2.45) is 17.8 Å². The monoisotopic (exact) mass is 345 g/mol. The van der Waals surface area contributed by atoms with E-state index in [0.717, 1.165) is 41.7 Å². The van der Waals surface area contributed by atoms with Crippen LogP contribution in [0.3, 0.4) is 0 Å².